The maximum absolute atomic E-state index is 6.01. The molecular weight excluding hydrogens is 314 g/mol. The van der Waals surface area contributed by atoms with E-state index >= 15 is 0 Å². The second-order valence-electron chi connectivity index (χ2n) is 6.13. The number of hydrogen-bond acceptors (Lipinski definition) is 2. The summed E-state index contributed by atoms with van der Waals surface area (Å²) in [6, 6.07) is 12.8. The quantitative estimate of drug-likeness (QED) is 0.855. The minimum atomic E-state index is 0.0437. The van der Waals surface area contributed by atoms with Crippen molar-refractivity contribution < 1.29 is 4.74 Å². The molecule has 3 rings (SSSR count). The minimum Gasteiger partial charge on any atom is -0.382 e. The summed E-state index contributed by atoms with van der Waals surface area (Å²) >= 11 is 3.50. The van der Waals surface area contributed by atoms with Gasteiger partial charge in [-0.3, -0.25) is 0 Å². The lowest BCUT2D eigenvalue weighted by Gasteiger charge is -2.19. The number of hydrogen-bond donors (Lipinski definition) is 1. The van der Waals surface area contributed by atoms with Gasteiger partial charge < -0.3 is 10.1 Å². The van der Waals surface area contributed by atoms with Crippen LogP contribution in [0.2, 0.25) is 0 Å². The van der Waals surface area contributed by atoms with Crippen LogP contribution >= 0.6 is 15.9 Å². The van der Waals surface area contributed by atoms with E-state index in [2.05, 4.69) is 71.5 Å². The Balaban J connectivity index is 1.67. The highest BCUT2D eigenvalue weighted by atomic mass is 79.9. The molecule has 1 saturated heterocycles. The lowest BCUT2D eigenvalue weighted by molar-refractivity contribution is -0.00910. The van der Waals surface area contributed by atoms with Crippen molar-refractivity contribution in [1.82, 2.24) is 0 Å². The van der Waals surface area contributed by atoms with Gasteiger partial charge in [-0.25, -0.2) is 0 Å². The van der Waals surface area contributed by atoms with Crippen LogP contribution in [0.4, 0.5) is 5.69 Å². The summed E-state index contributed by atoms with van der Waals surface area (Å²) in [6.07, 6.45) is 2.61. The van der Waals surface area contributed by atoms with Crippen molar-refractivity contribution >= 4 is 32.4 Å². The molecule has 1 atom stereocenters. The Morgan fingerprint density at radius 2 is 1.95 bits per heavy atom. The second-order valence-corrected chi connectivity index (χ2v) is 7.04. The Hall–Kier alpha value is -1.06. The van der Waals surface area contributed by atoms with Crippen LogP contribution in [0, 0.1) is 0 Å². The predicted octanol–water partition coefficient (Wildman–Crippen LogP) is 4.97. The number of nitrogens with one attached hydrogen (secondary N) is 1. The smallest absolute Gasteiger partial charge is 0.0755 e. The van der Waals surface area contributed by atoms with E-state index in [1.165, 1.54) is 10.8 Å². The van der Waals surface area contributed by atoms with Gasteiger partial charge in [-0.2, -0.15) is 0 Å². The summed E-state index contributed by atoms with van der Waals surface area (Å²) in [4.78, 5) is 0. The highest BCUT2D eigenvalue weighted by molar-refractivity contribution is 9.10. The van der Waals surface area contributed by atoms with Gasteiger partial charge in [-0.1, -0.05) is 28.1 Å². The summed E-state index contributed by atoms with van der Waals surface area (Å²) in [5.41, 5.74) is 1.20. The molecule has 1 N–H and O–H groups in total. The molecule has 1 aliphatic rings. The van der Waals surface area contributed by atoms with Gasteiger partial charge in [0.15, 0.2) is 0 Å². The van der Waals surface area contributed by atoms with Gasteiger partial charge in [0.1, 0.15) is 0 Å². The third-order valence-electron chi connectivity index (χ3n) is 3.89. The number of halogens is 1. The monoisotopic (exact) mass is 333 g/mol. The van der Waals surface area contributed by atoms with Crippen molar-refractivity contribution in [3.63, 3.8) is 0 Å². The maximum Gasteiger partial charge on any atom is 0.0755 e. The molecule has 1 heterocycles. The van der Waals surface area contributed by atoms with Crippen LogP contribution in [-0.2, 0) is 4.74 Å². The fourth-order valence-corrected chi connectivity index (χ4v) is 3.16. The van der Waals surface area contributed by atoms with Crippen molar-refractivity contribution in [3.8, 4) is 0 Å². The lowest BCUT2D eigenvalue weighted by atomic mass is 10.1. The van der Waals surface area contributed by atoms with E-state index < -0.39 is 0 Å². The Bertz CT molecular complexity index is 623. The van der Waals surface area contributed by atoms with E-state index in [0.717, 1.165) is 29.5 Å². The van der Waals surface area contributed by atoms with Gasteiger partial charge in [0.05, 0.1) is 11.7 Å². The molecule has 2 nitrogen and oxygen atoms in total. The van der Waals surface area contributed by atoms with Gasteiger partial charge >= 0.3 is 0 Å². The highest BCUT2D eigenvalue weighted by Crippen LogP contribution is 2.29. The Morgan fingerprint density at radius 1 is 1.20 bits per heavy atom. The first-order valence-corrected chi connectivity index (χ1v) is 7.92. The number of ether oxygens (including phenoxy) is 1. The Morgan fingerprint density at radius 3 is 2.70 bits per heavy atom. The van der Waals surface area contributed by atoms with Crippen LogP contribution in [0.1, 0.15) is 26.7 Å². The van der Waals surface area contributed by atoms with E-state index in [-0.39, 0.29) is 5.60 Å². The van der Waals surface area contributed by atoms with E-state index in [1.54, 1.807) is 0 Å². The normalized spacial score (nSPS) is 21.2. The third kappa shape index (κ3) is 3.15. The molecule has 0 radical (unpaired) electrons. The molecule has 0 aromatic heterocycles. The number of rotatable bonds is 3. The van der Waals surface area contributed by atoms with Crippen molar-refractivity contribution in [1.29, 1.82) is 0 Å². The Kier molecular flexibility index (Phi) is 3.74. The molecule has 2 aromatic carbocycles. The molecule has 1 fully saturated rings. The number of anilines is 1. The van der Waals surface area contributed by atoms with Gasteiger partial charge in [0.2, 0.25) is 0 Å². The van der Waals surface area contributed by atoms with Crippen molar-refractivity contribution in [2.45, 2.75) is 38.4 Å². The topological polar surface area (TPSA) is 21.3 Å². The highest BCUT2D eigenvalue weighted by Gasteiger charge is 2.31. The molecule has 1 unspecified atom stereocenters. The van der Waals surface area contributed by atoms with Crippen molar-refractivity contribution in [2.75, 3.05) is 11.9 Å². The summed E-state index contributed by atoms with van der Waals surface area (Å²) in [5.74, 6) is 0. The van der Waals surface area contributed by atoms with Gasteiger partial charge in [0, 0.05) is 16.7 Å². The number of benzene rings is 2. The predicted molar refractivity (Wildman–Crippen MR) is 88.3 cm³/mol. The average molecular weight is 334 g/mol. The molecule has 1 aliphatic heterocycles. The van der Waals surface area contributed by atoms with Crippen LogP contribution in [0.5, 0.6) is 0 Å². The standard InChI is InChI=1S/C17H20BrNO/c1-17(2)8-7-16(20-17)11-19-15-6-4-12-9-14(18)5-3-13(12)10-15/h3-6,9-10,16,19H,7-8,11H2,1-2H3. The van der Waals surface area contributed by atoms with E-state index in [9.17, 15) is 0 Å². The van der Waals surface area contributed by atoms with Crippen LogP contribution < -0.4 is 5.32 Å². The SMILES string of the molecule is CC1(C)CCC(CNc2ccc3cc(Br)ccc3c2)O1. The minimum absolute atomic E-state index is 0.0437. The molecule has 20 heavy (non-hydrogen) atoms. The molecular formula is C17H20BrNO. The Labute approximate surface area is 128 Å². The maximum atomic E-state index is 6.01. The van der Waals surface area contributed by atoms with Crippen LogP contribution in [0.15, 0.2) is 40.9 Å². The zero-order valence-corrected chi connectivity index (χ0v) is 13.5. The lowest BCUT2D eigenvalue weighted by Crippen LogP contribution is -2.24. The van der Waals surface area contributed by atoms with Crippen LogP contribution in [0.25, 0.3) is 10.8 Å². The molecule has 106 valence electrons. The molecule has 2 aromatic rings. The fraction of sp³-hybridized carbons (Fsp3) is 0.412. The molecule has 3 heteroatoms. The van der Waals surface area contributed by atoms with Gasteiger partial charge in [-0.15, -0.1) is 0 Å². The largest absolute Gasteiger partial charge is 0.382 e. The van der Waals surface area contributed by atoms with Crippen molar-refractivity contribution in [2.24, 2.45) is 0 Å². The fourth-order valence-electron chi connectivity index (χ4n) is 2.78. The first kappa shape index (κ1) is 13.9. The van der Waals surface area contributed by atoms with E-state index in [1.807, 2.05) is 0 Å². The van der Waals surface area contributed by atoms with E-state index in [0.29, 0.717) is 6.10 Å². The van der Waals surface area contributed by atoms with Crippen molar-refractivity contribution in [3.05, 3.63) is 40.9 Å². The molecule has 0 amide bonds. The second kappa shape index (κ2) is 5.38. The zero-order chi connectivity index (χ0) is 14.2. The van der Waals surface area contributed by atoms with Crippen LogP contribution in [-0.4, -0.2) is 18.2 Å². The number of fused-ring (bicyclic) bond motifs is 1. The third-order valence-corrected chi connectivity index (χ3v) is 4.38. The summed E-state index contributed by atoms with van der Waals surface area (Å²) < 4.78 is 7.12. The van der Waals surface area contributed by atoms with Gasteiger partial charge in [-0.05, 0) is 61.7 Å². The molecule has 0 saturated carbocycles. The zero-order valence-electron chi connectivity index (χ0n) is 11.9. The average Bonchev–Trinajstić information content (AvgIpc) is 2.76. The molecule has 0 aliphatic carbocycles. The first-order chi connectivity index (χ1) is 9.52. The molecule has 0 bridgehead atoms. The summed E-state index contributed by atoms with van der Waals surface area (Å²) in [5, 5.41) is 6.00. The molecule has 0 spiro atoms. The van der Waals surface area contributed by atoms with E-state index in [4.69, 9.17) is 4.74 Å². The summed E-state index contributed by atoms with van der Waals surface area (Å²) in [7, 11) is 0. The summed E-state index contributed by atoms with van der Waals surface area (Å²) in [6.45, 7) is 5.22. The first-order valence-electron chi connectivity index (χ1n) is 7.13. The van der Waals surface area contributed by atoms with Gasteiger partial charge in [0.25, 0.3) is 0 Å². The van der Waals surface area contributed by atoms with Crippen LogP contribution in [0.3, 0.4) is 0 Å².